The largest absolute Gasteiger partial charge is 0.377 e. The van der Waals surface area contributed by atoms with Crippen LogP contribution in [0.5, 0.6) is 0 Å². The molecule has 0 aromatic rings. The van der Waals surface area contributed by atoms with Crippen molar-refractivity contribution < 1.29 is 13.5 Å². The SMILES string of the molecule is CC=CCCC1CCC(C=CC2CCC(C3CCC(CCCC=C(F)F)CC3)OC2)CC1. The van der Waals surface area contributed by atoms with E-state index in [2.05, 4.69) is 31.2 Å². The van der Waals surface area contributed by atoms with Crippen LogP contribution in [0.25, 0.3) is 0 Å². The summed E-state index contributed by atoms with van der Waals surface area (Å²) in [6.45, 7) is 3.02. The Kier molecular flexibility index (Phi) is 11.5. The molecule has 0 aromatic carbocycles. The zero-order valence-corrected chi connectivity index (χ0v) is 20.3. The highest BCUT2D eigenvalue weighted by molar-refractivity contribution is 4.97. The van der Waals surface area contributed by atoms with Crippen molar-refractivity contribution in [2.45, 2.75) is 109 Å². The molecule has 2 saturated carbocycles. The standard InChI is InChI=1S/C29H46F2O/c1-2-3-4-7-23-10-12-25(13-11-23)14-15-26-18-21-28(32-22-26)27-19-16-24(17-20-27)8-5-6-9-29(30)31/h2-3,9,14-15,23-28H,4-8,10-13,16-22H2,1H3. The van der Waals surface area contributed by atoms with Crippen LogP contribution in [0.15, 0.2) is 36.5 Å². The molecular formula is C29H46F2O. The lowest BCUT2D eigenvalue weighted by atomic mass is 9.75. The molecule has 2 aliphatic carbocycles. The van der Waals surface area contributed by atoms with E-state index in [4.69, 9.17) is 4.74 Å². The molecule has 1 saturated heterocycles. The Bertz CT molecular complexity index is 582. The number of allylic oxidation sites excluding steroid dienone is 4. The van der Waals surface area contributed by atoms with Gasteiger partial charge in [0.2, 0.25) is 0 Å². The fourth-order valence-corrected chi connectivity index (χ4v) is 6.26. The fourth-order valence-electron chi connectivity index (χ4n) is 6.26. The van der Waals surface area contributed by atoms with Crippen molar-refractivity contribution in [3.63, 3.8) is 0 Å². The zero-order chi connectivity index (χ0) is 22.6. The highest BCUT2D eigenvalue weighted by Gasteiger charge is 2.31. The Labute approximate surface area is 195 Å². The fraction of sp³-hybridized carbons (Fsp3) is 0.793. The van der Waals surface area contributed by atoms with Crippen LogP contribution < -0.4 is 0 Å². The molecule has 182 valence electrons. The summed E-state index contributed by atoms with van der Waals surface area (Å²) in [5, 5.41) is 0. The summed E-state index contributed by atoms with van der Waals surface area (Å²) in [7, 11) is 0. The predicted octanol–water partition coefficient (Wildman–Crippen LogP) is 9.26. The van der Waals surface area contributed by atoms with Crippen molar-refractivity contribution in [1.82, 2.24) is 0 Å². The third-order valence-corrected chi connectivity index (χ3v) is 8.40. The van der Waals surface area contributed by atoms with Gasteiger partial charge in [-0.2, -0.15) is 8.78 Å². The molecule has 1 nitrogen and oxygen atoms in total. The van der Waals surface area contributed by atoms with Crippen LogP contribution in [0.4, 0.5) is 8.78 Å². The maximum atomic E-state index is 12.1. The Hall–Kier alpha value is -0.960. The molecule has 0 bridgehead atoms. The first-order chi connectivity index (χ1) is 15.6. The van der Waals surface area contributed by atoms with Crippen molar-refractivity contribution in [2.75, 3.05) is 6.61 Å². The number of hydrogen-bond acceptors (Lipinski definition) is 1. The molecule has 2 unspecified atom stereocenters. The summed E-state index contributed by atoms with van der Waals surface area (Å²) in [5.41, 5.74) is 0. The molecule has 3 aliphatic rings. The van der Waals surface area contributed by atoms with Crippen LogP contribution in [0.1, 0.15) is 103 Å². The first-order valence-electron chi connectivity index (χ1n) is 13.6. The minimum absolute atomic E-state index is 0.455. The van der Waals surface area contributed by atoms with Crippen LogP contribution in [0.3, 0.4) is 0 Å². The monoisotopic (exact) mass is 448 g/mol. The Morgan fingerprint density at radius 3 is 2.09 bits per heavy atom. The predicted molar refractivity (Wildman–Crippen MR) is 131 cm³/mol. The van der Waals surface area contributed by atoms with E-state index in [0.29, 0.717) is 18.4 Å². The van der Waals surface area contributed by atoms with Gasteiger partial charge in [-0.3, -0.25) is 0 Å². The lowest BCUT2D eigenvalue weighted by Gasteiger charge is -2.37. The lowest BCUT2D eigenvalue weighted by Crippen LogP contribution is -2.33. The highest BCUT2D eigenvalue weighted by atomic mass is 19.3. The van der Waals surface area contributed by atoms with Crippen LogP contribution in [0.2, 0.25) is 0 Å². The quantitative estimate of drug-likeness (QED) is 0.239. The van der Waals surface area contributed by atoms with Gasteiger partial charge in [-0.25, -0.2) is 0 Å². The molecule has 0 N–H and O–H groups in total. The molecule has 3 rings (SSSR count). The molecule has 0 aromatic heterocycles. The van der Waals surface area contributed by atoms with Gasteiger partial charge in [0.15, 0.2) is 0 Å². The molecule has 1 aliphatic heterocycles. The van der Waals surface area contributed by atoms with E-state index in [9.17, 15) is 8.78 Å². The van der Waals surface area contributed by atoms with Gasteiger partial charge in [-0.15, -0.1) is 0 Å². The van der Waals surface area contributed by atoms with E-state index in [1.54, 1.807) is 0 Å². The van der Waals surface area contributed by atoms with E-state index in [0.717, 1.165) is 49.2 Å². The third kappa shape index (κ3) is 9.12. The maximum Gasteiger partial charge on any atom is 0.266 e. The van der Waals surface area contributed by atoms with E-state index in [1.165, 1.54) is 77.0 Å². The lowest BCUT2D eigenvalue weighted by molar-refractivity contribution is -0.0494. The van der Waals surface area contributed by atoms with Gasteiger partial charge in [0.1, 0.15) is 0 Å². The number of rotatable bonds is 10. The minimum Gasteiger partial charge on any atom is -0.377 e. The van der Waals surface area contributed by atoms with Gasteiger partial charge >= 0.3 is 0 Å². The Balaban J connectivity index is 1.27. The molecule has 32 heavy (non-hydrogen) atoms. The second-order valence-corrected chi connectivity index (χ2v) is 10.7. The first-order valence-corrected chi connectivity index (χ1v) is 13.6. The normalized spacial score (nSPS) is 34.2. The topological polar surface area (TPSA) is 9.23 Å². The second kappa shape index (κ2) is 14.3. The minimum atomic E-state index is -1.53. The van der Waals surface area contributed by atoms with Crippen LogP contribution in [-0.4, -0.2) is 12.7 Å². The average Bonchev–Trinajstić information content (AvgIpc) is 2.82. The number of unbranched alkanes of at least 4 members (excludes halogenated alkanes) is 1. The van der Waals surface area contributed by atoms with Crippen molar-refractivity contribution >= 4 is 0 Å². The number of halogens is 2. The Morgan fingerprint density at radius 2 is 1.44 bits per heavy atom. The van der Waals surface area contributed by atoms with E-state index in [1.807, 2.05) is 0 Å². The smallest absolute Gasteiger partial charge is 0.266 e. The summed E-state index contributed by atoms with van der Waals surface area (Å²) >= 11 is 0. The summed E-state index contributed by atoms with van der Waals surface area (Å²) in [6, 6.07) is 0. The van der Waals surface area contributed by atoms with E-state index in [-0.39, 0.29) is 0 Å². The number of ether oxygens (including phenoxy) is 1. The third-order valence-electron chi connectivity index (χ3n) is 8.40. The van der Waals surface area contributed by atoms with Gasteiger partial charge in [-0.05, 0) is 114 Å². The molecule has 0 spiro atoms. The van der Waals surface area contributed by atoms with Crippen molar-refractivity contribution in [3.8, 4) is 0 Å². The van der Waals surface area contributed by atoms with E-state index >= 15 is 0 Å². The van der Waals surface area contributed by atoms with Gasteiger partial charge in [-0.1, -0.05) is 43.6 Å². The van der Waals surface area contributed by atoms with Crippen molar-refractivity contribution in [3.05, 3.63) is 36.5 Å². The summed E-state index contributed by atoms with van der Waals surface area (Å²) in [5.74, 6) is 3.80. The summed E-state index contributed by atoms with van der Waals surface area (Å²) in [6.07, 6.45) is 27.7. The summed E-state index contributed by atoms with van der Waals surface area (Å²) in [4.78, 5) is 0. The molecule has 0 radical (unpaired) electrons. The van der Waals surface area contributed by atoms with Gasteiger partial charge in [0.05, 0.1) is 12.7 Å². The molecule has 1 heterocycles. The first kappa shape index (κ1) is 25.7. The number of hydrogen-bond donors (Lipinski definition) is 0. The molecule has 3 fully saturated rings. The highest BCUT2D eigenvalue weighted by Crippen LogP contribution is 2.38. The van der Waals surface area contributed by atoms with Gasteiger partial charge < -0.3 is 4.74 Å². The van der Waals surface area contributed by atoms with Crippen LogP contribution in [0, 0.1) is 29.6 Å². The zero-order valence-electron chi connectivity index (χ0n) is 20.3. The Morgan fingerprint density at radius 1 is 0.781 bits per heavy atom. The summed E-state index contributed by atoms with van der Waals surface area (Å²) < 4.78 is 30.6. The molecular weight excluding hydrogens is 402 g/mol. The molecule has 0 amide bonds. The van der Waals surface area contributed by atoms with Gasteiger partial charge in [0.25, 0.3) is 6.08 Å². The molecule has 2 atom stereocenters. The van der Waals surface area contributed by atoms with E-state index < -0.39 is 6.08 Å². The second-order valence-electron chi connectivity index (χ2n) is 10.7. The van der Waals surface area contributed by atoms with Crippen LogP contribution in [-0.2, 0) is 4.74 Å². The van der Waals surface area contributed by atoms with Crippen molar-refractivity contribution in [1.29, 1.82) is 0 Å². The van der Waals surface area contributed by atoms with Crippen molar-refractivity contribution in [2.24, 2.45) is 29.6 Å². The van der Waals surface area contributed by atoms with Crippen LogP contribution >= 0.6 is 0 Å². The molecule has 3 heteroatoms. The maximum absolute atomic E-state index is 12.1. The van der Waals surface area contributed by atoms with Gasteiger partial charge in [0, 0.05) is 5.92 Å². The average molecular weight is 449 g/mol.